The molecular weight excluding hydrogens is 276 g/mol. The van der Waals surface area contributed by atoms with E-state index in [1.807, 2.05) is 0 Å². The van der Waals surface area contributed by atoms with Crippen LogP contribution in [0.5, 0.6) is 0 Å². The lowest BCUT2D eigenvalue weighted by Crippen LogP contribution is -2.26. The average molecular weight is 292 g/mol. The van der Waals surface area contributed by atoms with Crippen molar-refractivity contribution in [1.29, 1.82) is 0 Å². The van der Waals surface area contributed by atoms with Crippen LogP contribution < -0.4 is 16.0 Å². The Kier molecular flexibility index (Phi) is 4.36. The number of carbonyl (C=O) groups excluding carboxylic acids is 2. The normalized spacial score (nSPS) is 13.1. The summed E-state index contributed by atoms with van der Waals surface area (Å²) < 4.78 is 0. The lowest BCUT2D eigenvalue weighted by Gasteiger charge is -2.18. The van der Waals surface area contributed by atoms with Crippen molar-refractivity contribution in [3.05, 3.63) is 27.8 Å². The minimum absolute atomic E-state index is 0.0345. The molecule has 1 aliphatic rings. The molecule has 8 heteroatoms. The van der Waals surface area contributed by atoms with E-state index in [1.54, 1.807) is 6.07 Å². The number of anilines is 2. The summed E-state index contributed by atoms with van der Waals surface area (Å²) in [5.41, 5.74) is 1.65. The minimum Gasteiger partial charge on any atom is -0.378 e. The van der Waals surface area contributed by atoms with E-state index in [4.69, 9.17) is 0 Å². The molecule has 2 rings (SSSR count). The Labute approximate surface area is 121 Å². The summed E-state index contributed by atoms with van der Waals surface area (Å²) >= 11 is 0. The number of amides is 2. The molecule has 8 nitrogen and oxygen atoms in total. The molecular formula is C13H16N4O4. The zero-order chi connectivity index (χ0) is 15.4. The molecule has 0 radical (unpaired) electrons. The Hall–Kier alpha value is -2.64. The van der Waals surface area contributed by atoms with Crippen molar-refractivity contribution in [2.75, 3.05) is 23.7 Å². The molecule has 0 bridgehead atoms. The largest absolute Gasteiger partial charge is 0.378 e. The van der Waals surface area contributed by atoms with Gasteiger partial charge in [0.15, 0.2) is 0 Å². The van der Waals surface area contributed by atoms with E-state index >= 15 is 0 Å². The number of rotatable bonds is 5. The average Bonchev–Trinajstić information content (AvgIpc) is 2.42. The monoisotopic (exact) mass is 292 g/mol. The van der Waals surface area contributed by atoms with Crippen LogP contribution in [0.1, 0.15) is 18.9 Å². The molecule has 21 heavy (non-hydrogen) atoms. The first-order valence-electron chi connectivity index (χ1n) is 6.57. The first-order chi connectivity index (χ1) is 9.97. The number of nitro benzene ring substituents is 1. The number of nitro groups is 1. The lowest BCUT2D eigenvalue weighted by atomic mass is 10.0. The molecule has 1 heterocycles. The van der Waals surface area contributed by atoms with E-state index in [2.05, 4.69) is 16.0 Å². The van der Waals surface area contributed by atoms with Gasteiger partial charge in [0.05, 0.1) is 4.92 Å². The molecule has 0 aliphatic carbocycles. The Balaban J connectivity index is 2.17. The van der Waals surface area contributed by atoms with Crippen molar-refractivity contribution in [2.45, 2.75) is 19.8 Å². The molecule has 2 amide bonds. The summed E-state index contributed by atoms with van der Waals surface area (Å²) in [6.07, 6.45) is 0.827. The first-order valence-corrected chi connectivity index (χ1v) is 6.57. The van der Waals surface area contributed by atoms with Crippen molar-refractivity contribution in [3.63, 3.8) is 0 Å². The van der Waals surface area contributed by atoms with Crippen LogP contribution in [0.2, 0.25) is 0 Å². The maximum absolute atomic E-state index is 11.4. The second-order valence-electron chi connectivity index (χ2n) is 4.74. The van der Waals surface area contributed by atoms with E-state index in [-0.39, 0.29) is 17.5 Å². The number of hydrogen-bond donors (Lipinski definition) is 3. The van der Waals surface area contributed by atoms with E-state index < -0.39 is 4.92 Å². The van der Waals surface area contributed by atoms with Crippen molar-refractivity contribution in [1.82, 2.24) is 5.32 Å². The van der Waals surface area contributed by atoms with Crippen LogP contribution >= 0.6 is 0 Å². The predicted octanol–water partition coefficient (Wildman–Crippen LogP) is 1.03. The fourth-order valence-corrected chi connectivity index (χ4v) is 2.14. The Morgan fingerprint density at radius 2 is 2.14 bits per heavy atom. The highest BCUT2D eigenvalue weighted by atomic mass is 16.6. The number of nitrogens with zero attached hydrogens (tertiary/aromatic N) is 1. The Bertz CT molecular complexity index is 600. The highest BCUT2D eigenvalue weighted by Crippen LogP contribution is 2.33. The number of nitrogens with one attached hydrogen (secondary N) is 3. The van der Waals surface area contributed by atoms with Gasteiger partial charge in [0, 0.05) is 38.2 Å². The molecule has 0 aromatic heterocycles. The molecule has 0 saturated carbocycles. The molecule has 0 unspecified atom stereocenters. The van der Waals surface area contributed by atoms with Crippen molar-refractivity contribution in [3.8, 4) is 0 Å². The van der Waals surface area contributed by atoms with Gasteiger partial charge >= 0.3 is 0 Å². The van der Waals surface area contributed by atoms with Gasteiger partial charge in [-0.2, -0.15) is 0 Å². The van der Waals surface area contributed by atoms with Gasteiger partial charge in [0.1, 0.15) is 5.69 Å². The van der Waals surface area contributed by atoms with Crippen molar-refractivity contribution < 1.29 is 14.5 Å². The summed E-state index contributed by atoms with van der Waals surface area (Å²) in [5.74, 6) is -0.260. The maximum Gasteiger partial charge on any atom is 0.292 e. The summed E-state index contributed by atoms with van der Waals surface area (Å²) in [5, 5.41) is 19.3. The van der Waals surface area contributed by atoms with Crippen molar-refractivity contribution in [2.24, 2.45) is 0 Å². The summed E-state index contributed by atoms with van der Waals surface area (Å²) in [7, 11) is 0. The summed E-state index contributed by atoms with van der Waals surface area (Å²) in [6.45, 7) is 2.11. The number of carbonyl (C=O) groups is 2. The van der Waals surface area contributed by atoms with Crippen molar-refractivity contribution >= 4 is 28.9 Å². The maximum atomic E-state index is 11.4. The highest BCUT2D eigenvalue weighted by molar-refractivity contribution is 5.95. The van der Waals surface area contributed by atoms with Gasteiger partial charge in [-0.1, -0.05) is 0 Å². The third-order valence-corrected chi connectivity index (χ3v) is 3.13. The highest BCUT2D eigenvalue weighted by Gasteiger charge is 2.22. The lowest BCUT2D eigenvalue weighted by molar-refractivity contribution is -0.384. The standard InChI is InChI=1S/C13H16N4O4/c1-8(18)14-4-5-15-11-7-10-9(2-3-13(19)16-10)6-12(11)17(20)21/h6-7,15H,2-5H2,1H3,(H,14,18)(H,16,19). The molecule has 1 aliphatic heterocycles. The van der Waals surface area contributed by atoms with Crippen LogP contribution in [0.25, 0.3) is 0 Å². The molecule has 0 fully saturated rings. The second kappa shape index (κ2) is 6.21. The molecule has 3 N–H and O–H groups in total. The van der Waals surface area contributed by atoms with Gasteiger partial charge in [0.25, 0.3) is 5.69 Å². The Morgan fingerprint density at radius 3 is 2.81 bits per heavy atom. The zero-order valence-corrected chi connectivity index (χ0v) is 11.6. The SMILES string of the molecule is CC(=O)NCCNc1cc2c(cc1[N+](=O)[O-])CCC(=O)N2. The zero-order valence-electron chi connectivity index (χ0n) is 11.6. The minimum atomic E-state index is -0.461. The van der Waals surface area contributed by atoms with Gasteiger partial charge in [-0.15, -0.1) is 0 Å². The Morgan fingerprint density at radius 1 is 1.38 bits per heavy atom. The van der Waals surface area contributed by atoms with Crippen LogP contribution in [-0.2, 0) is 16.0 Å². The van der Waals surface area contributed by atoms with Crippen LogP contribution in [0.15, 0.2) is 12.1 Å². The van der Waals surface area contributed by atoms with Gasteiger partial charge < -0.3 is 16.0 Å². The number of benzene rings is 1. The van der Waals surface area contributed by atoms with Gasteiger partial charge in [0.2, 0.25) is 11.8 Å². The molecule has 0 saturated heterocycles. The smallest absolute Gasteiger partial charge is 0.292 e. The third-order valence-electron chi connectivity index (χ3n) is 3.13. The number of fused-ring (bicyclic) bond motifs is 1. The van der Waals surface area contributed by atoms with Crippen LogP contribution in [0.4, 0.5) is 17.1 Å². The molecule has 0 atom stereocenters. The second-order valence-corrected chi connectivity index (χ2v) is 4.74. The molecule has 1 aromatic carbocycles. The number of aryl methyl sites for hydroxylation is 1. The first kappa shape index (κ1) is 14.8. The van der Waals surface area contributed by atoms with E-state index in [9.17, 15) is 19.7 Å². The van der Waals surface area contributed by atoms with E-state index in [0.717, 1.165) is 5.56 Å². The fraction of sp³-hybridized carbons (Fsp3) is 0.385. The molecule has 1 aromatic rings. The van der Waals surface area contributed by atoms with Gasteiger partial charge in [-0.3, -0.25) is 19.7 Å². The van der Waals surface area contributed by atoms with Crippen LogP contribution in [0, 0.1) is 10.1 Å². The van der Waals surface area contributed by atoms with E-state index in [0.29, 0.717) is 37.3 Å². The quantitative estimate of drug-likeness (QED) is 0.426. The van der Waals surface area contributed by atoms with E-state index in [1.165, 1.54) is 13.0 Å². The van der Waals surface area contributed by atoms with Crippen LogP contribution in [-0.4, -0.2) is 29.8 Å². The third kappa shape index (κ3) is 3.68. The molecule has 0 spiro atoms. The predicted molar refractivity (Wildman–Crippen MR) is 77.2 cm³/mol. The van der Waals surface area contributed by atoms with Gasteiger partial charge in [-0.25, -0.2) is 0 Å². The summed E-state index contributed by atoms with van der Waals surface area (Å²) in [6, 6.07) is 3.05. The topological polar surface area (TPSA) is 113 Å². The summed E-state index contributed by atoms with van der Waals surface area (Å²) in [4.78, 5) is 32.8. The fourth-order valence-electron chi connectivity index (χ4n) is 2.14. The van der Waals surface area contributed by atoms with Crippen LogP contribution in [0.3, 0.4) is 0 Å². The molecule has 112 valence electrons. The van der Waals surface area contributed by atoms with Gasteiger partial charge in [-0.05, 0) is 18.1 Å². The number of hydrogen-bond acceptors (Lipinski definition) is 5.